The molecule has 1 nitrogen and oxygen atoms in total. The summed E-state index contributed by atoms with van der Waals surface area (Å²) >= 11 is 7.68. The van der Waals surface area contributed by atoms with E-state index in [1.165, 1.54) is 4.88 Å². The molecular weight excluding hydrogens is 264 g/mol. The van der Waals surface area contributed by atoms with E-state index in [2.05, 4.69) is 0 Å². The van der Waals surface area contributed by atoms with E-state index in [0.717, 1.165) is 5.56 Å². The van der Waals surface area contributed by atoms with Gasteiger partial charge in [-0.25, -0.2) is 0 Å². The first-order valence-corrected chi connectivity index (χ1v) is 6.96. The van der Waals surface area contributed by atoms with Crippen LogP contribution in [0.15, 0.2) is 47.9 Å². The maximum Gasteiger partial charge on any atom is 0.141 e. The molecule has 0 spiro atoms. The van der Waals surface area contributed by atoms with Crippen molar-refractivity contribution in [1.29, 1.82) is 0 Å². The molecule has 18 heavy (non-hydrogen) atoms. The molecule has 0 aliphatic carbocycles. The fraction of sp³-hybridized carbons (Fsp3) is 0.133. The molecule has 1 aromatic heterocycles. The number of benzene rings is 1. The van der Waals surface area contributed by atoms with E-state index in [1.807, 2.05) is 53.9 Å². The molecule has 0 atom stereocenters. The van der Waals surface area contributed by atoms with Gasteiger partial charge in [0, 0.05) is 22.7 Å². The third kappa shape index (κ3) is 3.83. The van der Waals surface area contributed by atoms with Gasteiger partial charge in [-0.15, -0.1) is 11.3 Å². The molecule has 2 aromatic rings. The Morgan fingerprint density at radius 2 is 2.06 bits per heavy atom. The Labute approximate surface area is 116 Å². The zero-order valence-corrected chi connectivity index (χ0v) is 11.4. The molecule has 0 amide bonds. The zero-order chi connectivity index (χ0) is 12.8. The molecule has 3 heteroatoms. The Morgan fingerprint density at radius 3 is 2.78 bits per heavy atom. The Kier molecular flexibility index (Phi) is 4.73. The van der Waals surface area contributed by atoms with Crippen LogP contribution in [-0.4, -0.2) is 5.78 Å². The van der Waals surface area contributed by atoms with Crippen molar-refractivity contribution in [3.63, 3.8) is 0 Å². The minimum absolute atomic E-state index is 0.177. The van der Waals surface area contributed by atoms with Crippen LogP contribution in [0.2, 0.25) is 5.02 Å². The predicted molar refractivity (Wildman–Crippen MR) is 78.1 cm³/mol. The van der Waals surface area contributed by atoms with Crippen molar-refractivity contribution in [2.24, 2.45) is 0 Å². The Balaban J connectivity index is 1.88. The number of rotatable bonds is 5. The summed E-state index contributed by atoms with van der Waals surface area (Å²) < 4.78 is 0. The van der Waals surface area contributed by atoms with Crippen LogP contribution in [0.4, 0.5) is 0 Å². The molecule has 0 aliphatic rings. The van der Waals surface area contributed by atoms with Crippen molar-refractivity contribution >= 4 is 34.8 Å². The van der Waals surface area contributed by atoms with E-state index in [1.54, 1.807) is 11.3 Å². The van der Waals surface area contributed by atoms with Crippen molar-refractivity contribution in [2.75, 3.05) is 0 Å². The lowest BCUT2D eigenvalue weighted by Crippen LogP contribution is -2.01. The first-order valence-electron chi connectivity index (χ1n) is 5.71. The SMILES string of the molecule is O=C(C/C=C/c1cccs1)Cc1ccccc1Cl. The third-order valence-corrected chi connectivity index (χ3v) is 3.72. The second kappa shape index (κ2) is 6.53. The van der Waals surface area contributed by atoms with E-state index in [-0.39, 0.29) is 5.78 Å². The Bertz CT molecular complexity index is 543. The molecule has 0 radical (unpaired) electrons. The number of allylic oxidation sites excluding steroid dienone is 1. The molecule has 0 fully saturated rings. The number of carbonyl (C=O) groups excluding carboxylic acids is 1. The van der Waals surface area contributed by atoms with Crippen molar-refractivity contribution in [3.8, 4) is 0 Å². The van der Waals surface area contributed by atoms with Gasteiger partial charge < -0.3 is 0 Å². The van der Waals surface area contributed by atoms with Crippen LogP contribution in [0.1, 0.15) is 16.9 Å². The summed E-state index contributed by atoms with van der Waals surface area (Å²) in [6, 6.07) is 11.5. The van der Waals surface area contributed by atoms with Crippen molar-refractivity contribution in [1.82, 2.24) is 0 Å². The first-order chi connectivity index (χ1) is 8.75. The molecular formula is C15H13ClOS. The van der Waals surface area contributed by atoms with E-state index in [4.69, 9.17) is 11.6 Å². The van der Waals surface area contributed by atoms with Gasteiger partial charge in [0.05, 0.1) is 0 Å². The average molecular weight is 277 g/mol. The normalized spacial score (nSPS) is 10.9. The minimum atomic E-state index is 0.177. The molecule has 2 rings (SSSR count). The lowest BCUT2D eigenvalue weighted by Gasteiger charge is -2.01. The number of halogens is 1. The van der Waals surface area contributed by atoms with Crippen molar-refractivity contribution in [2.45, 2.75) is 12.8 Å². The van der Waals surface area contributed by atoms with Crippen LogP contribution in [0.5, 0.6) is 0 Å². The number of carbonyl (C=O) groups is 1. The molecule has 0 aliphatic heterocycles. The van der Waals surface area contributed by atoms with E-state index >= 15 is 0 Å². The van der Waals surface area contributed by atoms with E-state index in [9.17, 15) is 4.79 Å². The molecule has 0 saturated heterocycles. The molecule has 0 saturated carbocycles. The standard InChI is InChI=1S/C15H13ClOS/c16-15-9-2-1-5-12(15)11-13(17)6-3-7-14-8-4-10-18-14/h1-5,7-10H,6,11H2/b7-3+. The summed E-state index contributed by atoms with van der Waals surface area (Å²) in [6.45, 7) is 0. The average Bonchev–Trinajstić information content (AvgIpc) is 2.85. The van der Waals surface area contributed by atoms with Gasteiger partial charge in [-0.2, -0.15) is 0 Å². The number of hydrogen-bond acceptors (Lipinski definition) is 2. The molecule has 0 unspecified atom stereocenters. The smallest absolute Gasteiger partial charge is 0.141 e. The number of thiophene rings is 1. The van der Waals surface area contributed by atoms with Crippen molar-refractivity contribution in [3.05, 3.63) is 63.3 Å². The van der Waals surface area contributed by atoms with Gasteiger partial charge >= 0.3 is 0 Å². The topological polar surface area (TPSA) is 17.1 Å². The van der Waals surface area contributed by atoms with E-state index < -0.39 is 0 Å². The lowest BCUT2D eigenvalue weighted by molar-refractivity contribution is -0.117. The second-order valence-corrected chi connectivity index (χ2v) is 5.32. The predicted octanol–water partition coefficient (Wildman–Crippen LogP) is 4.62. The zero-order valence-electron chi connectivity index (χ0n) is 9.80. The summed E-state index contributed by atoms with van der Waals surface area (Å²) in [6.07, 6.45) is 4.73. The summed E-state index contributed by atoms with van der Waals surface area (Å²) in [7, 11) is 0. The van der Waals surface area contributed by atoms with Gasteiger partial charge in [0.1, 0.15) is 5.78 Å². The maximum absolute atomic E-state index is 11.8. The minimum Gasteiger partial charge on any atom is -0.299 e. The van der Waals surface area contributed by atoms with Gasteiger partial charge in [0.2, 0.25) is 0 Å². The Hall–Kier alpha value is -1.38. The Morgan fingerprint density at radius 1 is 1.22 bits per heavy atom. The first kappa shape index (κ1) is 13.1. The second-order valence-electron chi connectivity index (χ2n) is 3.93. The highest BCUT2D eigenvalue weighted by Gasteiger charge is 2.04. The molecule has 0 N–H and O–H groups in total. The van der Waals surface area contributed by atoms with Gasteiger partial charge in [-0.1, -0.05) is 41.9 Å². The van der Waals surface area contributed by atoms with Gasteiger partial charge in [-0.3, -0.25) is 4.79 Å². The fourth-order valence-electron chi connectivity index (χ4n) is 1.62. The van der Waals surface area contributed by atoms with Crippen LogP contribution in [0, 0.1) is 0 Å². The third-order valence-electron chi connectivity index (χ3n) is 2.52. The quantitative estimate of drug-likeness (QED) is 0.779. The van der Waals surface area contributed by atoms with Crippen LogP contribution in [-0.2, 0) is 11.2 Å². The summed E-state index contributed by atoms with van der Waals surface area (Å²) in [5.74, 6) is 0.177. The molecule has 1 aromatic carbocycles. The van der Waals surface area contributed by atoms with Crippen LogP contribution < -0.4 is 0 Å². The summed E-state index contributed by atoms with van der Waals surface area (Å²) in [4.78, 5) is 13.0. The van der Waals surface area contributed by atoms with Crippen LogP contribution >= 0.6 is 22.9 Å². The lowest BCUT2D eigenvalue weighted by atomic mass is 10.1. The van der Waals surface area contributed by atoms with E-state index in [0.29, 0.717) is 17.9 Å². The highest BCUT2D eigenvalue weighted by molar-refractivity contribution is 7.10. The van der Waals surface area contributed by atoms with Crippen molar-refractivity contribution < 1.29 is 4.79 Å². The summed E-state index contributed by atoms with van der Waals surface area (Å²) in [5.41, 5.74) is 0.897. The van der Waals surface area contributed by atoms with Gasteiger partial charge in [0.25, 0.3) is 0 Å². The summed E-state index contributed by atoms with van der Waals surface area (Å²) in [5, 5.41) is 2.68. The number of Topliss-reactive ketones (excluding diaryl/α,β-unsaturated/α-hetero) is 1. The largest absolute Gasteiger partial charge is 0.299 e. The van der Waals surface area contributed by atoms with Crippen LogP contribution in [0.25, 0.3) is 6.08 Å². The highest BCUT2D eigenvalue weighted by Crippen LogP contribution is 2.16. The molecule has 0 bridgehead atoms. The number of ketones is 1. The van der Waals surface area contributed by atoms with Crippen LogP contribution in [0.3, 0.4) is 0 Å². The fourth-order valence-corrected chi connectivity index (χ4v) is 2.47. The van der Waals surface area contributed by atoms with Gasteiger partial charge in [-0.05, 0) is 29.2 Å². The highest BCUT2D eigenvalue weighted by atomic mass is 35.5. The van der Waals surface area contributed by atoms with Gasteiger partial charge in [0.15, 0.2) is 0 Å². The molecule has 92 valence electrons. The molecule has 1 heterocycles. The monoisotopic (exact) mass is 276 g/mol. The number of hydrogen-bond donors (Lipinski definition) is 0. The maximum atomic E-state index is 11.8.